The Morgan fingerprint density at radius 1 is 1.07 bits per heavy atom. The third kappa shape index (κ3) is 1.55. The van der Waals surface area contributed by atoms with Gasteiger partial charge in [-0.05, 0) is 44.0 Å². The van der Waals surface area contributed by atoms with E-state index < -0.39 is 0 Å². The van der Waals surface area contributed by atoms with Crippen molar-refractivity contribution in [1.82, 2.24) is 9.78 Å². The Morgan fingerprint density at radius 2 is 1.86 bits per heavy atom. The second kappa shape index (κ2) is 3.29. The zero-order valence-electron chi connectivity index (χ0n) is 8.78. The van der Waals surface area contributed by atoms with E-state index in [2.05, 4.69) is 37.1 Å². The molecule has 0 spiro atoms. The third-order valence-electron chi connectivity index (χ3n) is 2.33. The quantitative estimate of drug-likeness (QED) is 0.669. The van der Waals surface area contributed by atoms with Gasteiger partial charge < -0.3 is 0 Å². The smallest absolute Gasteiger partial charge is 0.0677 e. The fraction of sp³-hybridized carbons (Fsp3) is 0.250. The van der Waals surface area contributed by atoms with E-state index in [-0.39, 0.29) is 0 Å². The molecule has 0 unspecified atom stereocenters. The number of aromatic nitrogens is 2. The number of nitrogens with zero attached hydrogens (tertiary/aromatic N) is 2. The molecule has 1 aromatic heterocycles. The summed E-state index contributed by atoms with van der Waals surface area (Å²) in [5.41, 5.74) is 4.72. The van der Waals surface area contributed by atoms with Crippen molar-refractivity contribution >= 4 is 0 Å². The topological polar surface area (TPSA) is 17.8 Å². The van der Waals surface area contributed by atoms with Crippen LogP contribution in [0.2, 0.25) is 0 Å². The minimum Gasteiger partial charge on any atom is -0.240 e. The highest BCUT2D eigenvalue weighted by molar-refractivity contribution is 5.42. The van der Waals surface area contributed by atoms with Crippen LogP contribution in [0.1, 0.15) is 16.8 Å². The van der Waals surface area contributed by atoms with E-state index in [0.717, 1.165) is 11.4 Å². The first-order valence-corrected chi connectivity index (χ1v) is 4.77. The second-order valence-electron chi connectivity index (χ2n) is 3.69. The van der Waals surface area contributed by atoms with E-state index >= 15 is 0 Å². The summed E-state index contributed by atoms with van der Waals surface area (Å²) in [4.78, 5) is 0. The predicted octanol–water partition coefficient (Wildman–Crippen LogP) is 2.80. The van der Waals surface area contributed by atoms with Gasteiger partial charge in [0.1, 0.15) is 0 Å². The van der Waals surface area contributed by atoms with Gasteiger partial charge in [0.25, 0.3) is 0 Å². The molecule has 0 bridgehead atoms. The lowest BCUT2D eigenvalue weighted by Crippen LogP contribution is -1.98. The first kappa shape index (κ1) is 9.00. The Balaban J connectivity index is 2.55. The highest BCUT2D eigenvalue weighted by Gasteiger charge is 2.01. The molecule has 0 aliphatic rings. The molecule has 1 aromatic carbocycles. The number of benzene rings is 1. The Kier molecular flexibility index (Phi) is 2.12. The summed E-state index contributed by atoms with van der Waals surface area (Å²) in [5, 5.41) is 4.40. The van der Waals surface area contributed by atoms with Crippen LogP contribution in [0, 0.1) is 20.8 Å². The van der Waals surface area contributed by atoms with Gasteiger partial charge in [-0.25, -0.2) is 4.68 Å². The lowest BCUT2D eigenvalue weighted by molar-refractivity contribution is 0.854. The van der Waals surface area contributed by atoms with E-state index in [1.165, 1.54) is 11.1 Å². The average Bonchev–Trinajstić information content (AvgIpc) is 2.56. The van der Waals surface area contributed by atoms with E-state index in [4.69, 9.17) is 0 Å². The Morgan fingerprint density at radius 3 is 2.50 bits per heavy atom. The summed E-state index contributed by atoms with van der Waals surface area (Å²) in [5.74, 6) is 0. The molecule has 2 rings (SSSR count). The molecule has 2 aromatic rings. The minimum absolute atomic E-state index is 1.05. The first-order chi connectivity index (χ1) is 6.66. The van der Waals surface area contributed by atoms with Crippen molar-refractivity contribution in [3.05, 3.63) is 47.3 Å². The van der Waals surface area contributed by atoms with E-state index in [0.29, 0.717) is 0 Å². The zero-order chi connectivity index (χ0) is 10.1. The van der Waals surface area contributed by atoms with Crippen molar-refractivity contribution < 1.29 is 0 Å². The van der Waals surface area contributed by atoms with Crippen LogP contribution in [-0.2, 0) is 0 Å². The van der Waals surface area contributed by atoms with Crippen LogP contribution in [0.4, 0.5) is 0 Å². The lowest BCUT2D eigenvalue weighted by Gasteiger charge is -2.06. The highest BCUT2D eigenvalue weighted by Crippen LogP contribution is 2.15. The van der Waals surface area contributed by atoms with Crippen molar-refractivity contribution in [3.63, 3.8) is 0 Å². The zero-order valence-corrected chi connectivity index (χ0v) is 8.78. The summed E-state index contributed by atoms with van der Waals surface area (Å²) in [6, 6.07) is 8.42. The van der Waals surface area contributed by atoms with Gasteiger partial charge >= 0.3 is 0 Å². The fourth-order valence-corrected chi connectivity index (χ4v) is 1.52. The van der Waals surface area contributed by atoms with E-state index in [1.807, 2.05) is 23.9 Å². The maximum Gasteiger partial charge on any atom is 0.0677 e. The predicted molar refractivity (Wildman–Crippen MR) is 57.8 cm³/mol. The van der Waals surface area contributed by atoms with Crippen LogP contribution >= 0.6 is 0 Å². The van der Waals surface area contributed by atoms with Crippen molar-refractivity contribution in [2.45, 2.75) is 20.8 Å². The molecule has 0 radical (unpaired) electrons. The van der Waals surface area contributed by atoms with Gasteiger partial charge in [0.2, 0.25) is 0 Å². The Hall–Kier alpha value is -1.57. The summed E-state index contributed by atoms with van der Waals surface area (Å²) in [6.07, 6.45) is 2.00. The summed E-state index contributed by atoms with van der Waals surface area (Å²) < 4.78 is 1.93. The molecule has 0 N–H and O–H groups in total. The van der Waals surface area contributed by atoms with Crippen LogP contribution in [-0.4, -0.2) is 9.78 Å². The van der Waals surface area contributed by atoms with Gasteiger partial charge in [-0.3, -0.25) is 0 Å². The molecule has 0 saturated heterocycles. The van der Waals surface area contributed by atoms with Crippen molar-refractivity contribution in [3.8, 4) is 5.69 Å². The Labute approximate surface area is 84.2 Å². The normalized spacial score (nSPS) is 10.5. The molecule has 0 aliphatic heterocycles. The highest BCUT2D eigenvalue weighted by atomic mass is 15.3. The molecular formula is C12H14N2. The Bertz CT molecular complexity index is 455. The average molecular weight is 186 g/mol. The van der Waals surface area contributed by atoms with Crippen molar-refractivity contribution in [2.75, 3.05) is 0 Å². The maximum atomic E-state index is 4.40. The van der Waals surface area contributed by atoms with Gasteiger partial charge in [-0.1, -0.05) is 12.1 Å². The molecule has 0 aliphatic carbocycles. The molecule has 0 amide bonds. The largest absolute Gasteiger partial charge is 0.240 e. The van der Waals surface area contributed by atoms with Crippen molar-refractivity contribution in [1.29, 1.82) is 0 Å². The van der Waals surface area contributed by atoms with Crippen LogP contribution in [0.3, 0.4) is 0 Å². The first-order valence-electron chi connectivity index (χ1n) is 4.77. The van der Waals surface area contributed by atoms with Crippen molar-refractivity contribution in [2.24, 2.45) is 0 Å². The fourth-order valence-electron chi connectivity index (χ4n) is 1.52. The second-order valence-corrected chi connectivity index (χ2v) is 3.69. The standard InChI is InChI=1S/C12H14N2/c1-9-4-5-10(2)12(8-9)14-7-6-11(3)13-14/h4-8H,1-3H3. The summed E-state index contributed by atoms with van der Waals surface area (Å²) in [7, 11) is 0. The molecular weight excluding hydrogens is 172 g/mol. The van der Waals surface area contributed by atoms with Crippen LogP contribution < -0.4 is 0 Å². The van der Waals surface area contributed by atoms with Gasteiger partial charge in [0, 0.05) is 6.20 Å². The van der Waals surface area contributed by atoms with Gasteiger partial charge in [-0.2, -0.15) is 5.10 Å². The molecule has 2 nitrogen and oxygen atoms in total. The van der Waals surface area contributed by atoms with Crippen LogP contribution in [0.15, 0.2) is 30.5 Å². The van der Waals surface area contributed by atoms with Gasteiger partial charge in [0.15, 0.2) is 0 Å². The van der Waals surface area contributed by atoms with Crippen LogP contribution in [0.25, 0.3) is 5.69 Å². The number of aryl methyl sites for hydroxylation is 3. The minimum atomic E-state index is 1.05. The molecule has 14 heavy (non-hydrogen) atoms. The third-order valence-corrected chi connectivity index (χ3v) is 2.33. The number of hydrogen-bond acceptors (Lipinski definition) is 1. The van der Waals surface area contributed by atoms with E-state index in [9.17, 15) is 0 Å². The van der Waals surface area contributed by atoms with E-state index in [1.54, 1.807) is 0 Å². The molecule has 0 saturated carbocycles. The molecule has 1 heterocycles. The molecule has 0 atom stereocenters. The summed E-state index contributed by atoms with van der Waals surface area (Å²) in [6.45, 7) is 6.20. The monoisotopic (exact) mass is 186 g/mol. The molecule has 0 fully saturated rings. The lowest BCUT2D eigenvalue weighted by atomic mass is 10.1. The van der Waals surface area contributed by atoms with Gasteiger partial charge in [0.05, 0.1) is 11.4 Å². The summed E-state index contributed by atoms with van der Waals surface area (Å²) >= 11 is 0. The molecule has 72 valence electrons. The number of hydrogen-bond donors (Lipinski definition) is 0. The SMILES string of the molecule is Cc1ccc(C)c(-n2ccc(C)n2)c1. The van der Waals surface area contributed by atoms with Crippen LogP contribution in [0.5, 0.6) is 0 Å². The maximum absolute atomic E-state index is 4.40. The molecule has 2 heteroatoms. The number of rotatable bonds is 1. The van der Waals surface area contributed by atoms with Gasteiger partial charge in [-0.15, -0.1) is 0 Å².